The summed E-state index contributed by atoms with van der Waals surface area (Å²) in [5.74, 6) is 0.750. The van der Waals surface area contributed by atoms with Crippen molar-refractivity contribution in [1.82, 2.24) is 0 Å². The molecule has 0 aliphatic rings. The van der Waals surface area contributed by atoms with E-state index in [4.69, 9.17) is 9.68 Å². The van der Waals surface area contributed by atoms with E-state index in [1.54, 1.807) is 13.8 Å². The van der Waals surface area contributed by atoms with Gasteiger partial charge in [0.05, 0.1) is 0 Å². The van der Waals surface area contributed by atoms with Crippen LogP contribution in [0.4, 0.5) is 5.88 Å². The Morgan fingerprint density at radius 3 is 2.65 bits per heavy atom. The number of carbonyl (C=O) groups excluding carboxylic acids is 1. The smallest absolute Gasteiger partial charge is 0.227 e. The fourth-order valence-electron chi connectivity index (χ4n) is 1.94. The van der Waals surface area contributed by atoms with Crippen LogP contribution in [0.1, 0.15) is 28.9 Å². The number of aryl methyl sites for hydroxylation is 2. The minimum atomic E-state index is -0.154. The van der Waals surface area contributed by atoms with Gasteiger partial charge in [-0.15, -0.1) is 0 Å². The predicted octanol–water partition coefficient (Wildman–Crippen LogP) is 3.34. The normalized spacial score (nSPS) is 10.1. The van der Waals surface area contributed by atoms with Crippen LogP contribution in [0, 0.1) is 25.2 Å². The first kappa shape index (κ1) is 13.9. The topological polar surface area (TPSA) is 66.0 Å². The summed E-state index contributed by atoms with van der Waals surface area (Å²) in [7, 11) is 0. The van der Waals surface area contributed by atoms with Gasteiger partial charge in [-0.05, 0) is 25.8 Å². The molecule has 0 bridgehead atoms. The average Bonchev–Trinajstić information content (AvgIpc) is 2.72. The molecule has 1 N–H and O–H groups in total. The molecule has 0 radical (unpaired) electrons. The van der Waals surface area contributed by atoms with Gasteiger partial charge >= 0.3 is 0 Å². The molecule has 4 nitrogen and oxygen atoms in total. The molecule has 1 heterocycles. The predicted molar refractivity (Wildman–Crippen MR) is 76.3 cm³/mol. The standard InChI is InChI=1S/C16H16N2O2/c1-11-12(2)20-16(14(11)10-17)18-15(19)9-8-13-6-4-3-5-7-13/h3-7H,8-9H2,1-2H3,(H,18,19). The zero-order valence-corrected chi connectivity index (χ0v) is 11.6. The fourth-order valence-corrected chi connectivity index (χ4v) is 1.94. The second-order valence-corrected chi connectivity index (χ2v) is 4.63. The Labute approximate surface area is 118 Å². The summed E-state index contributed by atoms with van der Waals surface area (Å²) in [5.41, 5.74) is 2.27. The molecule has 0 saturated heterocycles. The van der Waals surface area contributed by atoms with Crippen molar-refractivity contribution in [2.24, 2.45) is 0 Å². The molecule has 0 spiro atoms. The van der Waals surface area contributed by atoms with Gasteiger partial charge in [-0.25, -0.2) is 0 Å². The zero-order chi connectivity index (χ0) is 14.5. The first-order chi connectivity index (χ1) is 9.61. The van der Waals surface area contributed by atoms with Gasteiger partial charge in [-0.3, -0.25) is 10.1 Å². The average molecular weight is 268 g/mol. The Morgan fingerprint density at radius 1 is 1.30 bits per heavy atom. The van der Waals surface area contributed by atoms with E-state index in [1.165, 1.54) is 0 Å². The first-order valence-corrected chi connectivity index (χ1v) is 6.45. The van der Waals surface area contributed by atoms with E-state index in [0.29, 0.717) is 24.2 Å². The molecule has 1 aromatic carbocycles. The maximum atomic E-state index is 11.9. The molecule has 1 amide bonds. The summed E-state index contributed by atoms with van der Waals surface area (Å²) in [6, 6.07) is 11.8. The van der Waals surface area contributed by atoms with Gasteiger partial charge in [0.25, 0.3) is 0 Å². The van der Waals surface area contributed by atoms with Crippen molar-refractivity contribution in [3.8, 4) is 6.07 Å². The van der Waals surface area contributed by atoms with E-state index < -0.39 is 0 Å². The number of nitrogens with one attached hydrogen (secondary N) is 1. The number of anilines is 1. The molecule has 0 atom stereocenters. The lowest BCUT2D eigenvalue weighted by molar-refractivity contribution is -0.116. The number of carbonyl (C=O) groups is 1. The maximum absolute atomic E-state index is 11.9. The molecule has 0 aliphatic carbocycles. The number of benzene rings is 1. The number of nitrogens with zero attached hydrogens (tertiary/aromatic N) is 1. The second-order valence-electron chi connectivity index (χ2n) is 4.63. The van der Waals surface area contributed by atoms with Crippen LogP contribution < -0.4 is 5.32 Å². The fraction of sp³-hybridized carbons (Fsp3) is 0.250. The summed E-state index contributed by atoms with van der Waals surface area (Å²) in [4.78, 5) is 11.9. The third-order valence-corrected chi connectivity index (χ3v) is 3.23. The number of rotatable bonds is 4. The Hall–Kier alpha value is -2.54. The quantitative estimate of drug-likeness (QED) is 0.924. The van der Waals surface area contributed by atoms with Gasteiger partial charge in [0.15, 0.2) is 0 Å². The Kier molecular flexibility index (Phi) is 4.21. The lowest BCUT2D eigenvalue weighted by atomic mass is 10.1. The van der Waals surface area contributed by atoms with Crippen LogP contribution in [0.2, 0.25) is 0 Å². The molecule has 0 fully saturated rings. The van der Waals surface area contributed by atoms with E-state index in [0.717, 1.165) is 11.1 Å². The van der Waals surface area contributed by atoms with Crippen LogP contribution in [-0.4, -0.2) is 5.91 Å². The molecular weight excluding hydrogens is 252 g/mol. The van der Waals surface area contributed by atoms with Crippen molar-refractivity contribution in [2.45, 2.75) is 26.7 Å². The van der Waals surface area contributed by atoms with Crippen molar-refractivity contribution >= 4 is 11.8 Å². The molecule has 0 saturated carbocycles. The van der Waals surface area contributed by atoms with Crippen LogP contribution in [-0.2, 0) is 11.2 Å². The van der Waals surface area contributed by atoms with E-state index in [1.807, 2.05) is 30.3 Å². The third-order valence-electron chi connectivity index (χ3n) is 3.23. The molecule has 4 heteroatoms. The molecular formula is C16H16N2O2. The van der Waals surface area contributed by atoms with Gasteiger partial charge < -0.3 is 4.42 Å². The highest BCUT2D eigenvalue weighted by Crippen LogP contribution is 2.25. The number of hydrogen-bond acceptors (Lipinski definition) is 3. The van der Waals surface area contributed by atoms with Crippen LogP contribution >= 0.6 is 0 Å². The monoisotopic (exact) mass is 268 g/mol. The number of nitriles is 1. The molecule has 2 aromatic rings. The summed E-state index contributed by atoms with van der Waals surface area (Å²) >= 11 is 0. The lowest BCUT2D eigenvalue weighted by Gasteiger charge is -2.03. The molecule has 2 rings (SSSR count). The minimum absolute atomic E-state index is 0.154. The van der Waals surface area contributed by atoms with Crippen molar-refractivity contribution in [3.05, 3.63) is 52.8 Å². The van der Waals surface area contributed by atoms with Gasteiger partial charge in [-0.1, -0.05) is 30.3 Å². The molecule has 102 valence electrons. The van der Waals surface area contributed by atoms with Crippen molar-refractivity contribution in [3.63, 3.8) is 0 Å². The molecule has 20 heavy (non-hydrogen) atoms. The zero-order valence-electron chi connectivity index (χ0n) is 11.6. The summed E-state index contributed by atoms with van der Waals surface area (Å²) in [5, 5.41) is 11.7. The Balaban J connectivity index is 1.99. The van der Waals surface area contributed by atoms with Crippen molar-refractivity contribution in [2.75, 3.05) is 5.32 Å². The van der Waals surface area contributed by atoms with Crippen molar-refractivity contribution in [1.29, 1.82) is 5.26 Å². The largest absolute Gasteiger partial charge is 0.444 e. The van der Waals surface area contributed by atoms with Crippen molar-refractivity contribution < 1.29 is 9.21 Å². The van der Waals surface area contributed by atoms with E-state index >= 15 is 0 Å². The maximum Gasteiger partial charge on any atom is 0.227 e. The van der Waals surface area contributed by atoms with E-state index in [-0.39, 0.29) is 11.8 Å². The van der Waals surface area contributed by atoms with Crippen LogP contribution in [0.15, 0.2) is 34.7 Å². The minimum Gasteiger partial charge on any atom is -0.444 e. The van der Waals surface area contributed by atoms with Gasteiger partial charge in [0.2, 0.25) is 11.8 Å². The Bertz CT molecular complexity index is 651. The SMILES string of the molecule is Cc1oc(NC(=O)CCc2ccccc2)c(C#N)c1C. The highest BCUT2D eigenvalue weighted by Gasteiger charge is 2.16. The lowest BCUT2D eigenvalue weighted by Crippen LogP contribution is -2.12. The van der Waals surface area contributed by atoms with Crippen LogP contribution in [0.3, 0.4) is 0 Å². The van der Waals surface area contributed by atoms with Crippen LogP contribution in [0.5, 0.6) is 0 Å². The van der Waals surface area contributed by atoms with E-state index in [2.05, 4.69) is 11.4 Å². The third kappa shape index (κ3) is 3.07. The first-order valence-electron chi connectivity index (χ1n) is 6.45. The number of furan rings is 1. The van der Waals surface area contributed by atoms with Crippen LogP contribution in [0.25, 0.3) is 0 Å². The molecule has 1 aromatic heterocycles. The highest BCUT2D eigenvalue weighted by atomic mass is 16.4. The van der Waals surface area contributed by atoms with E-state index in [9.17, 15) is 4.79 Å². The molecule has 0 unspecified atom stereocenters. The summed E-state index contributed by atoms with van der Waals surface area (Å²) < 4.78 is 5.40. The number of amides is 1. The van der Waals surface area contributed by atoms with Gasteiger partial charge in [0, 0.05) is 12.0 Å². The summed E-state index contributed by atoms with van der Waals surface area (Å²) in [6.45, 7) is 3.58. The Morgan fingerprint density at radius 2 is 2.00 bits per heavy atom. The second kappa shape index (κ2) is 6.07. The summed E-state index contributed by atoms with van der Waals surface area (Å²) in [6.07, 6.45) is 1.01. The molecule has 0 aliphatic heterocycles. The van der Waals surface area contributed by atoms with Gasteiger partial charge in [-0.2, -0.15) is 5.26 Å². The number of hydrogen-bond donors (Lipinski definition) is 1. The highest BCUT2D eigenvalue weighted by molar-refractivity contribution is 5.91. The van der Waals surface area contributed by atoms with Gasteiger partial charge in [0.1, 0.15) is 17.4 Å².